The number of hydrogen-bond acceptors (Lipinski definition) is 4. The van der Waals surface area contributed by atoms with Gasteiger partial charge in [-0.2, -0.15) is 0 Å². The van der Waals surface area contributed by atoms with Crippen LogP contribution in [0.5, 0.6) is 17.2 Å². The van der Waals surface area contributed by atoms with Gasteiger partial charge in [-0.15, -0.1) is 0 Å². The summed E-state index contributed by atoms with van der Waals surface area (Å²) in [5.74, 6) is 1.92. The second-order valence-electron chi connectivity index (χ2n) is 4.81. The third kappa shape index (κ3) is 4.05. The predicted molar refractivity (Wildman–Crippen MR) is 83.5 cm³/mol. The normalized spacial score (nSPS) is 10.1. The van der Waals surface area contributed by atoms with Crippen molar-refractivity contribution in [2.45, 2.75) is 13.5 Å². The van der Waals surface area contributed by atoms with E-state index in [4.69, 9.17) is 20.3 Å². The van der Waals surface area contributed by atoms with E-state index in [-0.39, 0.29) is 6.54 Å². The van der Waals surface area contributed by atoms with Crippen LogP contribution in [0.4, 0.5) is 10.5 Å². The Morgan fingerprint density at radius 2 is 1.91 bits per heavy atom. The van der Waals surface area contributed by atoms with Gasteiger partial charge >= 0.3 is 6.09 Å². The first-order valence-electron chi connectivity index (χ1n) is 6.66. The number of nitrogen functional groups attached to an aromatic ring is 1. The first-order valence-corrected chi connectivity index (χ1v) is 6.66. The van der Waals surface area contributed by atoms with Crippen molar-refractivity contribution in [1.82, 2.24) is 5.32 Å². The Labute approximate surface area is 128 Å². The van der Waals surface area contributed by atoms with E-state index in [0.717, 1.165) is 5.56 Å². The minimum absolute atomic E-state index is 0.121. The number of anilines is 1. The lowest BCUT2D eigenvalue weighted by molar-refractivity contribution is 0.194. The van der Waals surface area contributed by atoms with E-state index in [9.17, 15) is 4.79 Å². The zero-order valence-electron chi connectivity index (χ0n) is 12.4. The summed E-state index contributed by atoms with van der Waals surface area (Å²) in [5, 5.41) is 10.9. The SMILES string of the molecule is COc1cc(C)cc(Oc2ccc(N)c(CNC(=O)O)c2)c1. The molecule has 0 saturated heterocycles. The van der Waals surface area contributed by atoms with E-state index < -0.39 is 6.09 Å². The van der Waals surface area contributed by atoms with Gasteiger partial charge in [0.05, 0.1) is 7.11 Å². The summed E-state index contributed by atoms with van der Waals surface area (Å²) in [7, 11) is 1.59. The van der Waals surface area contributed by atoms with Crippen molar-refractivity contribution in [3.8, 4) is 17.2 Å². The summed E-state index contributed by atoms with van der Waals surface area (Å²) < 4.78 is 11.0. The molecular weight excluding hydrogens is 284 g/mol. The number of benzene rings is 2. The van der Waals surface area contributed by atoms with Gasteiger partial charge in [-0.25, -0.2) is 4.79 Å². The van der Waals surface area contributed by atoms with Gasteiger partial charge in [-0.05, 0) is 48.4 Å². The lowest BCUT2D eigenvalue weighted by atomic mass is 10.1. The summed E-state index contributed by atoms with van der Waals surface area (Å²) in [6, 6.07) is 10.7. The number of rotatable bonds is 5. The first-order chi connectivity index (χ1) is 10.5. The fraction of sp³-hybridized carbons (Fsp3) is 0.188. The number of amides is 1. The van der Waals surface area contributed by atoms with Crippen LogP contribution < -0.4 is 20.5 Å². The highest BCUT2D eigenvalue weighted by molar-refractivity contribution is 5.65. The summed E-state index contributed by atoms with van der Waals surface area (Å²) in [5.41, 5.74) is 8.00. The number of methoxy groups -OCH3 is 1. The Hall–Kier alpha value is -2.89. The Bertz CT molecular complexity index is 686. The number of nitrogens with one attached hydrogen (secondary N) is 1. The molecule has 116 valence electrons. The average molecular weight is 302 g/mol. The van der Waals surface area contributed by atoms with Crippen LogP contribution in [0.15, 0.2) is 36.4 Å². The Kier molecular flexibility index (Phi) is 4.73. The third-order valence-electron chi connectivity index (χ3n) is 3.04. The van der Waals surface area contributed by atoms with Crippen molar-refractivity contribution in [3.63, 3.8) is 0 Å². The smallest absolute Gasteiger partial charge is 0.404 e. The number of carboxylic acid groups (broad SMARTS) is 1. The van der Waals surface area contributed by atoms with Crippen LogP contribution in [-0.2, 0) is 6.54 Å². The van der Waals surface area contributed by atoms with E-state index in [2.05, 4.69) is 5.32 Å². The number of hydrogen-bond donors (Lipinski definition) is 3. The molecule has 0 aromatic heterocycles. The summed E-state index contributed by atoms with van der Waals surface area (Å²) >= 11 is 0. The Morgan fingerprint density at radius 1 is 1.18 bits per heavy atom. The molecule has 0 saturated carbocycles. The van der Waals surface area contributed by atoms with Gasteiger partial charge in [-0.3, -0.25) is 0 Å². The quantitative estimate of drug-likeness (QED) is 0.738. The molecule has 6 heteroatoms. The van der Waals surface area contributed by atoms with Crippen molar-refractivity contribution in [2.24, 2.45) is 0 Å². The standard InChI is InChI=1S/C16H18N2O4/c1-10-5-13(21-2)8-14(6-10)22-12-3-4-15(17)11(7-12)9-18-16(19)20/h3-8,18H,9,17H2,1-2H3,(H,19,20). The molecule has 2 aromatic carbocycles. The van der Waals surface area contributed by atoms with E-state index >= 15 is 0 Å². The zero-order valence-corrected chi connectivity index (χ0v) is 12.4. The molecule has 0 heterocycles. The van der Waals surface area contributed by atoms with Crippen molar-refractivity contribution in [3.05, 3.63) is 47.5 Å². The van der Waals surface area contributed by atoms with Gasteiger partial charge in [0.1, 0.15) is 17.2 Å². The van der Waals surface area contributed by atoms with Crippen molar-refractivity contribution in [2.75, 3.05) is 12.8 Å². The minimum atomic E-state index is -1.10. The second-order valence-corrected chi connectivity index (χ2v) is 4.81. The fourth-order valence-corrected chi connectivity index (χ4v) is 2.00. The van der Waals surface area contributed by atoms with E-state index in [0.29, 0.717) is 28.5 Å². The molecule has 6 nitrogen and oxygen atoms in total. The van der Waals surface area contributed by atoms with Gasteiger partial charge in [0, 0.05) is 18.3 Å². The molecule has 0 radical (unpaired) electrons. The maximum atomic E-state index is 10.6. The van der Waals surface area contributed by atoms with Gasteiger partial charge in [0.2, 0.25) is 0 Å². The fourth-order valence-electron chi connectivity index (χ4n) is 2.00. The molecule has 0 aliphatic heterocycles. The van der Waals surface area contributed by atoms with Crippen LogP contribution in [0.1, 0.15) is 11.1 Å². The highest BCUT2D eigenvalue weighted by atomic mass is 16.5. The molecule has 0 fully saturated rings. The first kappa shape index (κ1) is 15.5. The van der Waals surface area contributed by atoms with Crippen molar-refractivity contribution >= 4 is 11.8 Å². The molecule has 2 rings (SSSR count). The van der Waals surface area contributed by atoms with E-state index in [1.165, 1.54) is 0 Å². The van der Waals surface area contributed by atoms with Crippen LogP contribution >= 0.6 is 0 Å². The van der Waals surface area contributed by atoms with Crippen LogP contribution in [-0.4, -0.2) is 18.3 Å². The van der Waals surface area contributed by atoms with Gasteiger partial charge in [0.15, 0.2) is 0 Å². The number of carbonyl (C=O) groups is 1. The molecule has 0 aliphatic carbocycles. The summed E-state index contributed by atoms with van der Waals surface area (Å²) in [6.07, 6.45) is -1.10. The van der Waals surface area contributed by atoms with Gasteiger partial charge in [-0.1, -0.05) is 0 Å². The highest BCUT2D eigenvalue weighted by Crippen LogP contribution is 2.29. The largest absolute Gasteiger partial charge is 0.497 e. The van der Waals surface area contributed by atoms with E-state index in [1.807, 2.05) is 19.1 Å². The lowest BCUT2D eigenvalue weighted by Gasteiger charge is -2.11. The third-order valence-corrected chi connectivity index (χ3v) is 3.04. The van der Waals surface area contributed by atoms with Crippen LogP contribution in [0, 0.1) is 6.92 Å². The monoisotopic (exact) mass is 302 g/mol. The Morgan fingerprint density at radius 3 is 2.59 bits per heavy atom. The Balaban J connectivity index is 2.21. The molecule has 22 heavy (non-hydrogen) atoms. The van der Waals surface area contributed by atoms with Crippen LogP contribution in [0.2, 0.25) is 0 Å². The molecular formula is C16H18N2O4. The molecule has 4 N–H and O–H groups in total. The molecule has 0 atom stereocenters. The van der Waals surface area contributed by atoms with Crippen molar-refractivity contribution in [1.29, 1.82) is 0 Å². The molecule has 0 spiro atoms. The minimum Gasteiger partial charge on any atom is -0.497 e. The van der Waals surface area contributed by atoms with E-state index in [1.54, 1.807) is 31.4 Å². The number of nitrogens with two attached hydrogens (primary N) is 1. The molecule has 0 unspecified atom stereocenters. The molecule has 0 bridgehead atoms. The lowest BCUT2D eigenvalue weighted by Crippen LogP contribution is -2.20. The van der Waals surface area contributed by atoms with Crippen LogP contribution in [0.25, 0.3) is 0 Å². The van der Waals surface area contributed by atoms with Crippen LogP contribution in [0.3, 0.4) is 0 Å². The van der Waals surface area contributed by atoms with Crippen molar-refractivity contribution < 1.29 is 19.4 Å². The molecule has 0 aliphatic rings. The summed E-state index contributed by atoms with van der Waals surface area (Å²) in [6.45, 7) is 2.07. The van der Waals surface area contributed by atoms with Gasteiger partial charge in [0.25, 0.3) is 0 Å². The highest BCUT2D eigenvalue weighted by Gasteiger charge is 2.06. The maximum absolute atomic E-state index is 10.6. The number of aryl methyl sites for hydroxylation is 1. The molecule has 1 amide bonds. The second kappa shape index (κ2) is 6.71. The molecule has 2 aromatic rings. The number of ether oxygens (including phenoxy) is 2. The van der Waals surface area contributed by atoms with Gasteiger partial charge < -0.3 is 25.6 Å². The average Bonchev–Trinajstić information content (AvgIpc) is 2.47. The topological polar surface area (TPSA) is 93.8 Å². The predicted octanol–water partition coefficient (Wildman–Crippen LogP) is 3.15. The maximum Gasteiger partial charge on any atom is 0.404 e. The summed E-state index contributed by atoms with van der Waals surface area (Å²) in [4.78, 5) is 10.6. The zero-order chi connectivity index (χ0) is 16.1.